The molecular weight excluding hydrogens is 263 g/mol. The molecule has 1 atom stereocenters. The third kappa shape index (κ3) is 6.45. The molecule has 1 fully saturated rings. The van der Waals surface area contributed by atoms with Crippen LogP contribution in [0, 0.1) is 5.92 Å². The van der Waals surface area contributed by atoms with E-state index in [1.807, 2.05) is 0 Å². The van der Waals surface area contributed by atoms with E-state index >= 15 is 0 Å². The SMILES string of the molecule is O=C(O)C[C@H]1CCCN(C(=O)CCC(F)(F)F)CC1. The maximum atomic E-state index is 12.0. The highest BCUT2D eigenvalue weighted by molar-refractivity contribution is 5.76. The summed E-state index contributed by atoms with van der Waals surface area (Å²) in [6, 6.07) is 0. The molecule has 0 aromatic carbocycles. The highest BCUT2D eigenvalue weighted by Gasteiger charge is 2.30. The highest BCUT2D eigenvalue weighted by Crippen LogP contribution is 2.24. The van der Waals surface area contributed by atoms with Crippen molar-refractivity contribution < 1.29 is 27.9 Å². The molecule has 0 aromatic rings. The minimum Gasteiger partial charge on any atom is -0.481 e. The van der Waals surface area contributed by atoms with Crippen molar-refractivity contribution in [2.45, 2.75) is 44.7 Å². The van der Waals surface area contributed by atoms with Crippen molar-refractivity contribution in [3.8, 4) is 0 Å². The molecule has 1 amide bonds. The van der Waals surface area contributed by atoms with E-state index in [0.29, 0.717) is 32.4 Å². The predicted molar refractivity (Wildman–Crippen MR) is 61.5 cm³/mol. The van der Waals surface area contributed by atoms with Gasteiger partial charge in [-0.15, -0.1) is 0 Å². The van der Waals surface area contributed by atoms with Crippen molar-refractivity contribution in [1.29, 1.82) is 0 Å². The maximum absolute atomic E-state index is 12.0. The Kier molecular flexibility index (Phi) is 5.62. The van der Waals surface area contributed by atoms with Crippen LogP contribution >= 0.6 is 0 Å². The minimum atomic E-state index is -4.31. The Morgan fingerprint density at radius 2 is 1.89 bits per heavy atom. The normalized spacial score (nSPS) is 21.0. The van der Waals surface area contributed by atoms with E-state index in [1.54, 1.807) is 0 Å². The van der Waals surface area contributed by atoms with Crippen LogP contribution in [0.1, 0.15) is 38.5 Å². The molecule has 7 heteroatoms. The Hall–Kier alpha value is -1.27. The molecule has 1 N–H and O–H groups in total. The van der Waals surface area contributed by atoms with E-state index in [1.165, 1.54) is 4.90 Å². The molecule has 110 valence electrons. The Morgan fingerprint density at radius 3 is 2.47 bits per heavy atom. The second kappa shape index (κ2) is 6.77. The second-order valence-corrected chi connectivity index (χ2v) is 4.89. The monoisotopic (exact) mass is 281 g/mol. The molecule has 0 aromatic heterocycles. The molecule has 1 saturated heterocycles. The van der Waals surface area contributed by atoms with E-state index in [0.717, 1.165) is 0 Å². The summed E-state index contributed by atoms with van der Waals surface area (Å²) in [4.78, 5) is 23.7. The van der Waals surface area contributed by atoms with Crippen LogP contribution in [0.5, 0.6) is 0 Å². The molecule has 0 spiro atoms. The Morgan fingerprint density at radius 1 is 1.21 bits per heavy atom. The van der Waals surface area contributed by atoms with Crippen LogP contribution in [0.25, 0.3) is 0 Å². The van der Waals surface area contributed by atoms with Crippen LogP contribution in [0.15, 0.2) is 0 Å². The summed E-state index contributed by atoms with van der Waals surface area (Å²) in [5.41, 5.74) is 0. The number of likely N-dealkylation sites (tertiary alicyclic amines) is 1. The second-order valence-electron chi connectivity index (χ2n) is 4.89. The number of rotatable bonds is 4. The van der Waals surface area contributed by atoms with Gasteiger partial charge in [0.1, 0.15) is 0 Å². The van der Waals surface area contributed by atoms with Crippen molar-refractivity contribution in [3.05, 3.63) is 0 Å². The fraction of sp³-hybridized carbons (Fsp3) is 0.833. The number of carbonyl (C=O) groups is 2. The summed E-state index contributed by atoms with van der Waals surface area (Å²) >= 11 is 0. The van der Waals surface area contributed by atoms with Gasteiger partial charge in [0.05, 0.1) is 6.42 Å². The molecule has 1 aliphatic heterocycles. The molecule has 0 aliphatic carbocycles. The van der Waals surface area contributed by atoms with E-state index in [4.69, 9.17) is 5.11 Å². The topological polar surface area (TPSA) is 57.6 Å². The zero-order valence-electron chi connectivity index (χ0n) is 10.6. The number of carboxylic acid groups (broad SMARTS) is 1. The number of hydrogen-bond donors (Lipinski definition) is 1. The predicted octanol–water partition coefficient (Wildman–Crippen LogP) is 2.43. The quantitative estimate of drug-likeness (QED) is 0.861. The van der Waals surface area contributed by atoms with Crippen molar-refractivity contribution >= 4 is 11.9 Å². The molecule has 0 radical (unpaired) electrons. The fourth-order valence-electron chi connectivity index (χ4n) is 2.27. The lowest BCUT2D eigenvalue weighted by atomic mass is 9.97. The lowest BCUT2D eigenvalue weighted by Gasteiger charge is -2.21. The number of amides is 1. The van der Waals surface area contributed by atoms with E-state index in [-0.39, 0.29) is 12.3 Å². The molecule has 19 heavy (non-hydrogen) atoms. The van der Waals surface area contributed by atoms with Crippen molar-refractivity contribution in [2.75, 3.05) is 13.1 Å². The molecule has 4 nitrogen and oxygen atoms in total. The number of carbonyl (C=O) groups excluding carboxylic acids is 1. The summed E-state index contributed by atoms with van der Waals surface area (Å²) in [7, 11) is 0. The summed E-state index contributed by atoms with van der Waals surface area (Å²) < 4.78 is 36.1. The number of alkyl halides is 3. The molecule has 0 unspecified atom stereocenters. The van der Waals surface area contributed by atoms with Crippen LogP contribution in [0.2, 0.25) is 0 Å². The lowest BCUT2D eigenvalue weighted by Crippen LogP contribution is -2.32. The van der Waals surface area contributed by atoms with Crippen molar-refractivity contribution in [1.82, 2.24) is 4.90 Å². The van der Waals surface area contributed by atoms with Crippen LogP contribution in [-0.2, 0) is 9.59 Å². The summed E-state index contributed by atoms with van der Waals surface area (Å²) in [5.74, 6) is -1.35. The lowest BCUT2D eigenvalue weighted by molar-refractivity contribution is -0.149. The van der Waals surface area contributed by atoms with Crippen molar-refractivity contribution in [2.24, 2.45) is 5.92 Å². The maximum Gasteiger partial charge on any atom is 0.389 e. The van der Waals surface area contributed by atoms with Gasteiger partial charge >= 0.3 is 12.1 Å². The Labute approximate surface area is 109 Å². The van der Waals surface area contributed by atoms with Gasteiger partial charge in [-0.05, 0) is 25.2 Å². The van der Waals surface area contributed by atoms with Gasteiger partial charge in [-0.2, -0.15) is 13.2 Å². The van der Waals surface area contributed by atoms with E-state index in [2.05, 4.69) is 0 Å². The van der Waals surface area contributed by atoms with Gasteiger partial charge < -0.3 is 10.0 Å². The molecule has 0 bridgehead atoms. The first-order chi connectivity index (χ1) is 8.78. The van der Waals surface area contributed by atoms with Crippen LogP contribution in [0.4, 0.5) is 13.2 Å². The molecule has 1 heterocycles. The first-order valence-corrected chi connectivity index (χ1v) is 6.34. The van der Waals surface area contributed by atoms with Gasteiger partial charge in [0, 0.05) is 25.9 Å². The summed E-state index contributed by atoms with van der Waals surface area (Å²) in [6.07, 6.45) is -3.97. The Balaban J connectivity index is 2.39. The van der Waals surface area contributed by atoms with E-state index < -0.39 is 30.9 Å². The smallest absolute Gasteiger partial charge is 0.389 e. The average molecular weight is 281 g/mol. The number of carboxylic acids is 1. The molecular formula is C12H18F3NO3. The van der Waals surface area contributed by atoms with Crippen LogP contribution in [-0.4, -0.2) is 41.1 Å². The minimum absolute atomic E-state index is 0.0120. The highest BCUT2D eigenvalue weighted by atomic mass is 19.4. The molecule has 0 saturated carbocycles. The fourth-order valence-corrected chi connectivity index (χ4v) is 2.27. The first kappa shape index (κ1) is 15.8. The van der Waals surface area contributed by atoms with E-state index in [9.17, 15) is 22.8 Å². The van der Waals surface area contributed by atoms with Gasteiger partial charge in [0.15, 0.2) is 0 Å². The van der Waals surface area contributed by atoms with Gasteiger partial charge in [-0.25, -0.2) is 0 Å². The van der Waals surface area contributed by atoms with Gasteiger partial charge in [0.2, 0.25) is 5.91 Å². The van der Waals surface area contributed by atoms with Crippen molar-refractivity contribution in [3.63, 3.8) is 0 Å². The molecule has 1 rings (SSSR count). The zero-order valence-corrected chi connectivity index (χ0v) is 10.6. The number of nitrogens with zero attached hydrogens (tertiary/aromatic N) is 1. The molecule has 1 aliphatic rings. The van der Waals surface area contributed by atoms with Gasteiger partial charge in [0.25, 0.3) is 0 Å². The number of aliphatic carboxylic acids is 1. The zero-order chi connectivity index (χ0) is 14.5. The third-order valence-corrected chi connectivity index (χ3v) is 3.29. The standard InChI is InChI=1S/C12H18F3NO3/c13-12(14,15)5-3-10(17)16-6-1-2-9(4-7-16)8-11(18)19/h9H,1-8H2,(H,18,19)/t9-/m0/s1. The Bertz CT molecular complexity index is 331. The summed E-state index contributed by atoms with van der Waals surface area (Å²) in [5, 5.41) is 8.70. The van der Waals surface area contributed by atoms with Gasteiger partial charge in [-0.3, -0.25) is 9.59 Å². The summed E-state index contributed by atoms with van der Waals surface area (Å²) in [6.45, 7) is 0.779. The number of halogens is 3. The first-order valence-electron chi connectivity index (χ1n) is 6.34. The van der Waals surface area contributed by atoms with Gasteiger partial charge in [-0.1, -0.05) is 0 Å². The van der Waals surface area contributed by atoms with Crippen LogP contribution in [0.3, 0.4) is 0 Å². The number of hydrogen-bond acceptors (Lipinski definition) is 2. The average Bonchev–Trinajstić information content (AvgIpc) is 2.50. The van der Waals surface area contributed by atoms with Crippen LogP contribution < -0.4 is 0 Å². The third-order valence-electron chi connectivity index (χ3n) is 3.29. The largest absolute Gasteiger partial charge is 0.481 e.